The van der Waals surface area contributed by atoms with E-state index in [4.69, 9.17) is 23.8 Å². The molecule has 24 heavy (non-hydrogen) atoms. The molecule has 5 atom stereocenters. The van der Waals surface area contributed by atoms with Crippen molar-refractivity contribution in [3.63, 3.8) is 0 Å². The van der Waals surface area contributed by atoms with Gasteiger partial charge in [-0.2, -0.15) is 0 Å². The van der Waals surface area contributed by atoms with Crippen LogP contribution in [-0.2, 0) is 23.4 Å². The third kappa shape index (κ3) is 3.64. The van der Waals surface area contributed by atoms with E-state index in [-0.39, 0.29) is 42.5 Å². The summed E-state index contributed by atoms with van der Waals surface area (Å²) in [6.45, 7) is 7.41. The molecule has 0 aromatic rings. The van der Waals surface area contributed by atoms with Crippen LogP contribution in [-0.4, -0.2) is 40.3 Å². The number of phosphoric ester groups is 1. The second-order valence-electron chi connectivity index (χ2n) is 6.91. The maximum absolute atomic E-state index is 11.4. The molecule has 0 spiro atoms. The predicted molar refractivity (Wildman–Crippen MR) is 83.3 cm³/mol. The monoisotopic (exact) mass is 359 g/mol. The number of carbonyl (C=O) groups excluding carboxylic acids is 1. The lowest BCUT2D eigenvalue weighted by molar-refractivity contribution is -0.163. The van der Waals surface area contributed by atoms with E-state index in [1.165, 1.54) is 6.08 Å². The highest BCUT2D eigenvalue weighted by atomic mass is 31.2. The molecule has 0 aromatic carbocycles. The molecule has 3 N–H and O–H groups in total. The number of nitrogens with one attached hydrogen (secondary N) is 1. The van der Waals surface area contributed by atoms with Crippen molar-refractivity contribution < 1.29 is 33.1 Å². The fraction of sp³-hybridized carbons (Fsp3) is 0.667. The van der Waals surface area contributed by atoms with E-state index in [9.17, 15) is 9.36 Å². The molecule has 0 bridgehead atoms. The van der Waals surface area contributed by atoms with Crippen molar-refractivity contribution >= 4 is 13.7 Å². The minimum atomic E-state index is -4.54. The zero-order valence-corrected chi connectivity index (χ0v) is 14.4. The number of phosphoric acid groups is 1. The Hall–Kier alpha value is -1.02. The van der Waals surface area contributed by atoms with E-state index in [2.05, 4.69) is 11.9 Å². The smallest absolute Gasteiger partial charge is 0.344 e. The molecule has 3 rings (SSSR count). The van der Waals surface area contributed by atoms with Gasteiger partial charge in [0.05, 0.1) is 18.8 Å². The van der Waals surface area contributed by atoms with Crippen LogP contribution in [0.25, 0.3) is 0 Å². The van der Waals surface area contributed by atoms with Gasteiger partial charge in [-0.25, -0.2) is 4.57 Å². The van der Waals surface area contributed by atoms with E-state index in [0.29, 0.717) is 12.1 Å². The Morgan fingerprint density at radius 1 is 1.42 bits per heavy atom. The van der Waals surface area contributed by atoms with Gasteiger partial charge in [0.15, 0.2) is 5.79 Å². The van der Waals surface area contributed by atoms with Crippen LogP contribution in [0.5, 0.6) is 0 Å². The van der Waals surface area contributed by atoms with Crippen LogP contribution < -0.4 is 5.32 Å². The van der Waals surface area contributed by atoms with E-state index < -0.39 is 13.6 Å². The Balaban J connectivity index is 1.80. The number of fused-ring (bicyclic) bond motifs is 1. The summed E-state index contributed by atoms with van der Waals surface area (Å²) in [4.78, 5) is 29.3. The van der Waals surface area contributed by atoms with Gasteiger partial charge in [-0.3, -0.25) is 9.32 Å². The molecular weight excluding hydrogens is 337 g/mol. The SMILES string of the molecule is C=C1NC(=O)C=CC1[C@@H]1C[C@H](COP(=O)(O)O)[C@H]2OC(C)(C)OC12. The Kier molecular flexibility index (Phi) is 4.49. The zero-order chi connectivity index (χ0) is 17.7. The molecule has 1 amide bonds. The predicted octanol–water partition coefficient (Wildman–Crippen LogP) is 1.07. The molecular formula is C15H22NO7P. The number of amides is 1. The summed E-state index contributed by atoms with van der Waals surface area (Å²) in [5.74, 6) is -1.35. The standard InChI is InChI=1S/C15H22NO7P/c1-8-10(4-5-12(17)16-8)11-6-9(7-21-24(18,19)20)13-14(11)23-15(2,3)22-13/h4-5,9-11,13-14H,1,6-7H2,2-3H3,(H,16,17)(H2,18,19,20)/t9-,10?,11+,13-,14?/m1/s1. The largest absolute Gasteiger partial charge is 0.469 e. The molecule has 2 aliphatic heterocycles. The van der Waals surface area contributed by atoms with Gasteiger partial charge in [-0.15, -0.1) is 0 Å². The summed E-state index contributed by atoms with van der Waals surface area (Å²) in [5.41, 5.74) is 0.594. The van der Waals surface area contributed by atoms with Gasteiger partial charge >= 0.3 is 7.82 Å². The molecule has 2 unspecified atom stereocenters. The highest BCUT2D eigenvalue weighted by Crippen LogP contribution is 2.50. The Morgan fingerprint density at radius 3 is 2.71 bits per heavy atom. The van der Waals surface area contributed by atoms with E-state index >= 15 is 0 Å². The molecule has 134 valence electrons. The first-order valence-corrected chi connectivity index (χ1v) is 9.32. The third-order valence-corrected chi connectivity index (χ3v) is 5.17. The zero-order valence-electron chi connectivity index (χ0n) is 13.5. The molecule has 9 heteroatoms. The lowest BCUT2D eigenvalue weighted by atomic mass is 9.84. The normalized spacial score (nSPS) is 38.2. The lowest BCUT2D eigenvalue weighted by Crippen LogP contribution is -2.36. The summed E-state index contributed by atoms with van der Waals surface area (Å²) in [7, 11) is -4.54. The van der Waals surface area contributed by atoms with Gasteiger partial charge in [-0.05, 0) is 32.3 Å². The average Bonchev–Trinajstić information content (AvgIpc) is 2.90. The number of rotatable bonds is 4. The fourth-order valence-electron chi connectivity index (χ4n) is 3.83. The van der Waals surface area contributed by atoms with Crippen LogP contribution in [0, 0.1) is 17.8 Å². The summed E-state index contributed by atoms with van der Waals surface area (Å²) in [5, 5.41) is 2.71. The molecule has 2 heterocycles. The number of carbonyl (C=O) groups is 1. The van der Waals surface area contributed by atoms with Crippen LogP contribution in [0.2, 0.25) is 0 Å². The minimum absolute atomic E-state index is 0.0218. The average molecular weight is 359 g/mol. The van der Waals surface area contributed by atoms with Crippen LogP contribution in [0.4, 0.5) is 0 Å². The Morgan fingerprint density at radius 2 is 2.08 bits per heavy atom. The minimum Gasteiger partial charge on any atom is -0.344 e. The second kappa shape index (κ2) is 6.05. The van der Waals surface area contributed by atoms with Gasteiger partial charge in [-0.1, -0.05) is 12.7 Å². The van der Waals surface area contributed by atoms with Crippen molar-refractivity contribution in [1.29, 1.82) is 0 Å². The van der Waals surface area contributed by atoms with Crippen molar-refractivity contribution in [2.24, 2.45) is 17.8 Å². The summed E-state index contributed by atoms with van der Waals surface area (Å²) < 4.78 is 27.6. The topological polar surface area (TPSA) is 114 Å². The highest BCUT2D eigenvalue weighted by molar-refractivity contribution is 7.46. The van der Waals surface area contributed by atoms with Gasteiger partial charge < -0.3 is 24.6 Å². The van der Waals surface area contributed by atoms with Crippen molar-refractivity contribution in [2.75, 3.05) is 6.61 Å². The molecule has 0 radical (unpaired) electrons. The lowest BCUT2D eigenvalue weighted by Gasteiger charge is -2.30. The highest BCUT2D eigenvalue weighted by Gasteiger charge is 2.56. The number of ether oxygens (including phenoxy) is 2. The maximum Gasteiger partial charge on any atom is 0.469 e. The summed E-state index contributed by atoms with van der Waals surface area (Å²) in [6.07, 6.45) is 3.27. The van der Waals surface area contributed by atoms with Crippen LogP contribution >= 0.6 is 7.82 Å². The van der Waals surface area contributed by atoms with Crippen LogP contribution in [0.3, 0.4) is 0 Å². The molecule has 2 fully saturated rings. The van der Waals surface area contributed by atoms with E-state index in [1.807, 2.05) is 0 Å². The first kappa shape index (κ1) is 17.8. The van der Waals surface area contributed by atoms with Crippen LogP contribution in [0.1, 0.15) is 20.3 Å². The van der Waals surface area contributed by atoms with Crippen LogP contribution in [0.15, 0.2) is 24.4 Å². The second-order valence-corrected chi connectivity index (χ2v) is 8.15. The Labute approximate surface area is 140 Å². The molecule has 1 saturated carbocycles. The maximum atomic E-state index is 11.4. The molecule has 3 aliphatic rings. The fourth-order valence-corrected chi connectivity index (χ4v) is 4.21. The number of hydrogen-bond acceptors (Lipinski definition) is 5. The van der Waals surface area contributed by atoms with Gasteiger partial charge in [0.1, 0.15) is 0 Å². The summed E-state index contributed by atoms with van der Waals surface area (Å²) >= 11 is 0. The first-order valence-electron chi connectivity index (χ1n) is 7.79. The van der Waals surface area contributed by atoms with Crippen molar-refractivity contribution in [1.82, 2.24) is 5.32 Å². The molecule has 8 nitrogen and oxygen atoms in total. The molecule has 1 saturated heterocycles. The quantitative estimate of drug-likeness (QED) is 0.643. The van der Waals surface area contributed by atoms with Crippen molar-refractivity contribution in [3.05, 3.63) is 24.4 Å². The van der Waals surface area contributed by atoms with Gasteiger partial charge in [0.25, 0.3) is 0 Å². The number of hydrogen-bond donors (Lipinski definition) is 3. The van der Waals surface area contributed by atoms with Crippen molar-refractivity contribution in [2.45, 2.75) is 38.3 Å². The Bertz CT molecular complexity index is 625. The molecule has 0 aromatic heterocycles. The summed E-state index contributed by atoms with van der Waals surface area (Å²) in [6, 6.07) is 0. The van der Waals surface area contributed by atoms with Gasteiger partial charge in [0, 0.05) is 17.5 Å². The number of allylic oxidation sites excluding steroid dienone is 1. The first-order chi connectivity index (χ1) is 11.1. The van der Waals surface area contributed by atoms with Crippen molar-refractivity contribution in [3.8, 4) is 0 Å². The van der Waals surface area contributed by atoms with E-state index in [1.54, 1.807) is 19.9 Å². The van der Waals surface area contributed by atoms with Gasteiger partial charge in [0.2, 0.25) is 5.91 Å². The van der Waals surface area contributed by atoms with E-state index in [0.717, 1.165) is 0 Å². The molecule has 1 aliphatic carbocycles. The third-order valence-electron chi connectivity index (χ3n) is 4.68.